The van der Waals surface area contributed by atoms with E-state index in [-0.39, 0.29) is 0 Å². The van der Waals surface area contributed by atoms with Crippen molar-refractivity contribution in [2.75, 3.05) is 0 Å². The molecule has 1 aliphatic rings. The number of aryl methyl sites for hydroxylation is 2. The third kappa shape index (κ3) is 2.20. The number of nitrogens with one attached hydrogen (secondary N) is 1. The number of benzene rings is 1. The van der Waals surface area contributed by atoms with Gasteiger partial charge in [-0.15, -0.1) is 11.3 Å². The minimum absolute atomic E-state index is 0.335. The minimum atomic E-state index is 0.335. The standard InChI is InChI=1S/C15H18N2S/c1-10-3-4-12-5-6-14(13(12)9-10)17-11(2)15-16-7-8-18-15/h3-4,7-9,11,14,17H,5-6H2,1-2H3. The zero-order chi connectivity index (χ0) is 12.5. The molecule has 18 heavy (non-hydrogen) atoms. The molecule has 0 bridgehead atoms. The number of thiazole rings is 1. The lowest BCUT2D eigenvalue weighted by Crippen LogP contribution is -2.22. The molecule has 2 aromatic rings. The normalized spacial score (nSPS) is 19.8. The third-order valence-corrected chi connectivity index (χ3v) is 4.61. The highest BCUT2D eigenvalue weighted by atomic mass is 32.1. The van der Waals surface area contributed by atoms with Crippen LogP contribution >= 0.6 is 11.3 Å². The summed E-state index contributed by atoms with van der Waals surface area (Å²) in [6.45, 7) is 4.37. The molecule has 0 spiro atoms. The molecule has 0 radical (unpaired) electrons. The molecule has 2 nitrogen and oxygen atoms in total. The molecule has 94 valence electrons. The quantitative estimate of drug-likeness (QED) is 0.906. The summed E-state index contributed by atoms with van der Waals surface area (Å²) in [7, 11) is 0. The van der Waals surface area contributed by atoms with Crippen molar-refractivity contribution >= 4 is 11.3 Å². The summed E-state index contributed by atoms with van der Waals surface area (Å²) < 4.78 is 0. The Morgan fingerprint density at radius 1 is 1.44 bits per heavy atom. The van der Waals surface area contributed by atoms with E-state index in [2.05, 4.69) is 42.3 Å². The first kappa shape index (κ1) is 11.9. The van der Waals surface area contributed by atoms with E-state index in [4.69, 9.17) is 0 Å². The summed E-state index contributed by atoms with van der Waals surface area (Å²) >= 11 is 1.73. The van der Waals surface area contributed by atoms with Crippen LogP contribution < -0.4 is 5.32 Å². The van der Waals surface area contributed by atoms with Crippen LogP contribution in [0.1, 0.15) is 47.1 Å². The van der Waals surface area contributed by atoms with E-state index in [1.54, 1.807) is 11.3 Å². The molecule has 1 aliphatic carbocycles. The van der Waals surface area contributed by atoms with Gasteiger partial charge in [0.1, 0.15) is 5.01 Å². The van der Waals surface area contributed by atoms with Crippen molar-refractivity contribution in [1.82, 2.24) is 10.3 Å². The summed E-state index contributed by atoms with van der Waals surface area (Å²) in [5, 5.41) is 6.93. The van der Waals surface area contributed by atoms with Crippen molar-refractivity contribution < 1.29 is 0 Å². The SMILES string of the molecule is Cc1ccc2c(c1)C(NC(C)c1nccs1)CC2. The number of hydrogen-bond donors (Lipinski definition) is 1. The van der Waals surface area contributed by atoms with Crippen molar-refractivity contribution in [2.24, 2.45) is 0 Å². The van der Waals surface area contributed by atoms with Crippen molar-refractivity contribution in [3.8, 4) is 0 Å². The van der Waals surface area contributed by atoms with Crippen LogP contribution in [-0.4, -0.2) is 4.98 Å². The van der Waals surface area contributed by atoms with E-state index in [0.717, 1.165) is 0 Å². The van der Waals surface area contributed by atoms with Gasteiger partial charge in [-0.3, -0.25) is 0 Å². The van der Waals surface area contributed by atoms with Gasteiger partial charge >= 0.3 is 0 Å². The molecular weight excluding hydrogens is 240 g/mol. The van der Waals surface area contributed by atoms with E-state index in [1.165, 1.54) is 34.5 Å². The van der Waals surface area contributed by atoms with Crippen LogP contribution in [-0.2, 0) is 6.42 Å². The van der Waals surface area contributed by atoms with Crippen LogP contribution in [0.3, 0.4) is 0 Å². The molecule has 0 saturated carbocycles. The van der Waals surface area contributed by atoms with Crippen molar-refractivity contribution in [3.05, 3.63) is 51.5 Å². The second-order valence-electron chi connectivity index (χ2n) is 5.05. The van der Waals surface area contributed by atoms with Crippen molar-refractivity contribution in [2.45, 2.75) is 38.8 Å². The molecular formula is C15H18N2S. The lowest BCUT2D eigenvalue weighted by atomic mass is 10.0. The molecule has 2 unspecified atom stereocenters. The largest absolute Gasteiger partial charge is 0.301 e. The van der Waals surface area contributed by atoms with Crippen molar-refractivity contribution in [1.29, 1.82) is 0 Å². The fourth-order valence-corrected chi connectivity index (χ4v) is 3.37. The Labute approximate surface area is 112 Å². The van der Waals surface area contributed by atoms with E-state index in [1.807, 2.05) is 11.6 Å². The highest BCUT2D eigenvalue weighted by Crippen LogP contribution is 2.33. The fourth-order valence-electron chi connectivity index (χ4n) is 2.72. The van der Waals surface area contributed by atoms with Gasteiger partial charge in [0.05, 0.1) is 6.04 Å². The van der Waals surface area contributed by atoms with Gasteiger partial charge in [0.2, 0.25) is 0 Å². The highest BCUT2D eigenvalue weighted by molar-refractivity contribution is 7.09. The Bertz CT molecular complexity index is 533. The number of fused-ring (bicyclic) bond motifs is 1. The van der Waals surface area contributed by atoms with Crippen LogP contribution in [0.2, 0.25) is 0 Å². The zero-order valence-electron chi connectivity index (χ0n) is 10.8. The smallest absolute Gasteiger partial charge is 0.109 e. The topological polar surface area (TPSA) is 24.9 Å². The Kier molecular flexibility index (Phi) is 3.18. The number of rotatable bonds is 3. The summed E-state index contributed by atoms with van der Waals surface area (Å²) in [5.74, 6) is 0. The lowest BCUT2D eigenvalue weighted by molar-refractivity contribution is 0.463. The Hall–Kier alpha value is -1.19. The highest BCUT2D eigenvalue weighted by Gasteiger charge is 2.24. The van der Waals surface area contributed by atoms with Gasteiger partial charge in [-0.2, -0.15) is 0 Å². The number of nitrogens with zero attached hydrogens (tertiary/aromatic N) is 1. The maximum absolute atomic E-state index is 4.39. The van der Waals surface area contributed by atoms with Gasteiger partial charge < -0.3 is 5.32 Å². The molecule has 2 atom stereocenters. The van der Waals surface area contributed by atoms with Crippen LogP contribution in [0.15, 0.2) is 29.8 Å². The first-order valence-corrected chi connectivity index (χ1v) is 7.37. The minimum Gasteiger partial charge on any atom is -0.301 e. The van der Waals surface area contributed by atoms with Crippen molar-refractivity contribution in [3.63, 3.8) is 0 Å². The summed E-state index contributed by atoms with van der Waals surface area (Å²) in [6.07, 6.45) is 4.28. The maximum atomic E-state index is 4.39. The van der Waals surface area contributed by atoms with Crippen LogP contribution in [0.4, 0.5) is 0 Å². The second kappa shape index (κ2) is 4.82. The fraction of sp³-hybridized carbons (Fsp3) is 0.400. The van der Waals surface area contributed by atoms with E-state index in [9.17, 15) is 0 Å². The average molecular weight is 258 g/mol. The predicted molar refractivity (Wildman–Crippen MR) is 75.9 cm³/mol. The molecule has 0 saturated heterocycles. The van der Waals surface area contributed by atoms with Gasteiger partial charge in [-0.25, -0.2) is 4.98 Å². The van der Waals surface area contributed by atoms with E-state index in [0.29, 0.717) is 12.1 Å². The summed E-state index contributed by atoms with van der Waals surface area (Å²) in [4.78, 5) is 4.39. The van der Waals surface area contributed by atoms with Gasteiger partial charge in [0, 0.05) is 17.6 Å². The van der Waals surface area contributed by atoms with Crippen LogP contribution in [0, 0.1) is 6.92 Å². The van der Waals surface area contributed by atoms with Gasteiger partial charge in [0.25, 0.3) is 0 Å². The first-order valence-electron chi connectivity index (χ1n) is 6.49. The molecule has 1 aromatic carbocycles. The molecule has 1 aromatic heterocycles. The molecule has 3 heteroatoms. The molecule has 0 fully saturated rings. The van der Waals surface area contributed by atoms with Crippen LogP contribution in [0.5, 0.6) is 0 Å². The Morgan fingerprint density at radius 3 is 3.11 bits per heavy atom. The maximum Gasteiger partial charge on any atom is 0.109 e. The number of aromatic nitrogens is 1. The molecule has 3 rings (SSSR count). The molecule has 1 heterocycles. The second-order valence-corrected chi connectivity index (χ2v) is 5.98. The third-order valence-electron chi connectivity index (χ3n) is 3.65. The summed E-state index contributed by atoms with van der Waals surface area (Å²) in [6, 6.07) is 7.64. The zero-order valence-corrected chi connectivity index (χ0v) is 11.6. The molecule has 0 amide bonds. The lowest BCUT2D eigenvalue weighted by Gasteiger charge is -2.19. The van der Waals surface area contributed by atoms with E-state index < -0.39 is 0 Å². The van der Waals surface area contributed by atoms with Gasteiger partial charge in [-0.1, -0.05) is 23.8 Å². The number of hydrogen-bond acceptors (Lipinski definition) is 3. The van der Waals surface area contributed by atoms with Crippen LogP contribution in [0.25, 0.3) is 0 Å². The van der Waals surface area contributed by atoms with Gasteiger partial charge in [0.15, 0.2) is 0 Å². The Balaban J connectivity index is 1.78. The van der Waals surface area contributed by atoms with Gasteiger partial charge in [-0.05, 0) is 37.8 Å². The Morgan fingerprint density at radius 2 is 2.33 bits per heavy atom. The van der Waals surface area contributed by atoms with E-state index >= 15 is 0 Å². The summed E-state index contributed by atoms with van der Waals surface area (Å²) in [5.41, 5.74) is 4.34. The first-order chi connectivity index (χ1) is 8.74. The average Bonchev–Trinajstić information content (AvgIpc) is 2.99. The molecule has 1 N–H and O–H groups in total. The predicted octanol–water partition coefficient (Wildman–Crippen LogP) is 3.79. The molecule has 0 aliphatic heterocycles. The monoisotopic (exact) mass is 258 g/mol.